The Labute approximate surface area is 105 Å². The maximum atomic E-state index is 13.7. The third kappa shape index (κ3) is 3.64. The van der Waals surface area contributed by atoms with Gasteiger partial charge in [0.25, 0.3) is 0 Å². The average Bonchev–Trinajstić information content (AvgIpc) is 2.30. The Balaban J connectivity index is 2.62. The van der Waals surface area contributed by atoms with Crippen LogP contribution in [0.1, 0.15) is 19.3 Å². The molecule has 4 nitrogen and oxygen atoms in total. The van der Waals surface area contributed by atoms with Crippen molar-refractivity contribution in [3.63, 3.8) is 0 Å². The molecule has 0 bridgehead atoms. The van der Waals surface area contributed by atoms with Gasteiger partial charge in [-0.1, -0.05) is 11.6 Å². The average molecular weight is 262 g/mol. The second-order valence-corrected chi connectivity index (χ2v) is 4.15. The summed E-state index contributed by atoms with van der Waals surface area (Å²) < 4.78 is 13.7. The highest BCUT2D eigenvalue weighted by Gasteiger charge is 2.13. The molecule has 1 aromatic rings. The first-order valence-corrected chi connectivity index (χ1v) is 5.83. The van der Waals surface area contributed by atoms with Gasteiger partial charge in [-0.2, -0.15) is 0 Å². The van der Waals surface area contributed by atoms with Crippen molar-refractivity contribution in [3.8, 4) is 0 Å². The fourth-order valence-corrected chi connectivity index (χ4v) is 1.62. The molecule has 0 aliphatic carbocycles. The molecule has 0 aliphatic rings. The largest absolute Gasteiger partial charge is 0.397 e. The summed E-state index contributed by atoms with van der Waals surface area (Å²) in [6.45, 7) is 0.742. The number of nitrogen functional groups attached to an aromatic ring is 2. The van der Waals surface area contributed by atoms with E-state index < -0.39 is 5.82 Å². The number of benzene rings is 1. The third-order valence-electron chi connectivity index (χ3n) is 2.40. The first-order chi connectivity index (χ1) is 8.07. The third-order valence-corrected chi connectivity index (χ3v) is 2.79. The monoisotopic (exact) mass is 261 g/mol. The van der Waals surface area contributed by atoms with E-state index in [4.69, 9.17) is 28.2 Å². The van der Waals surface area contributed by atoms with Crippen LogP contribution in [0.25, 0.3) is 0 Å². The van der Waals surface area contributed by atoms with Gasteiger partial charge in [-0.15, -0.1) is 0 Å². The van der Waals surface area contributed by atoms with Gasteiger partial charge in [0.2, 0.25) is 0 Å². The summed E-state index contributed by atoms with van der Waals surface area (Å²) in [5.41, 5.74) is 11.7. The van der Waals surface area contributed by atoms with E-state index in [1.54, 1.807) is 0 Å². The summed E-state index contributed by atoms with van der Waals surface area (Å²) in [6, 6.07) is 1.43. The number of aliphatic hydroxyl groups excluding tert-OH is 1. The molecule has 0 aliphatic heterocycles. The summed E-state index contributed by atoms with van der Waals surface area (Å²) in [6.07, 6.45) is 2.43. The molecule has 1 rings (SSSR count). The van der Waals surface area contributed by atoms with E-state index in [0.717, 1.165) is 19.3 Å². The number of unbranched alkanes of at least 4 members (excludes halogenated alkanes) is 2. The van der Waals surface area contributed by atoms with Crippen molar-refractivity contribution >= 4 is 28.7 Å². The van der Waals surface area contributed by atoms with Gasteiger partial charge in [0.15, 0.2) is 5.82 Å². The van der Waals surface area contributed by atoms with Crippen molar-refractivity contribution in [1.29, 1.82) is 0 Å². The first-order valence-electron chi connectivity index (χ1n) is 5.45. The van der Waals surface area contributed by atoms with Crippen molar-refractivity contribution in [2.45, 2.75) is 19.3 Å². The fourth-order valence-electron chi connectivity index (χ4n) is 1.47. The molecule has 6 N–H and O–H groups in total. The van der Waals surface area contributed by atoms with Crippen molar-refractivity contribution in [2.24, 2.45) is 0 Å². The number of rotatable bonds is 6. The summed E-state index contributed by atoms with van der Waals surface area (Å²) in [5, 5.41) is 11.4. The SMILES string of the molecule is Nc1cc(N)c(NCCCCCO)c(F)c1Cl. The van der Waals surface area contributed by atoms with E-state index in [0.29, 0.717) is 6.54 Å². The zero-order chi connectivity index (χ0) is 12.8. The van der Waals surface area contributed by atoms with Crippen LogP contribution in [-0.2, 0) is 0 Å². The van der Waals surface area contributed by atoms with Crippen molar-refractivity contribution < 1.29 is 9.50 Å². The number of aliphatic hydroxyl groups is 1. The lowest BCUT2D eigenvalue weighted by Gasteiger charge is -2.12. The zero-order valence-electron chi connectivity index (χ0n) is 9.47. The predicted octanol–water partition coefficient (Wildman–Crippen LogP) is 2.22. The Morgan fingerprint density at radius 2 is 1.94 bits per heavy atom. The van der Waals surface area contributed by atoms with Crippen LogP contribution in [0.15, 0.2) is 6.07 Å². The molecule has 17 heavy (non-hydrogen) atoms. The Morgan fingerprint density at radius 3 is 2.59 bits per heavy atom. The Morgan fingerprint density at radius 1 is 1.24 bits per heavy atom. The molecule has 0 amide bonds. The maximum absolute atomic E-state index is 13.7. The highest BCUT2D eigenvalue weighted by molar-refractivity contribution is 6.33. The summed E-state index contributed by atoms with van der Waals surface area (Å²) in [4.78, 5) is 0. The molecule has 0 saturated heterocycles. The summed E-state index contributed by atoms with van der Waals surface area (Å²) in [7, 11) is 0. The van der Waals surface area contributed by atoms with E-state index in [-0.39, 0.29) is 28.7 Å². The molecule has 0 radical (unpaired) electrons. The lowest BCUT2D eigenvalue weighted by molar-refractivity contribution is 0.283. The second-order valence-electron chi connectivity index (χ2n) is 3.77. The van der Waals surface area contributed by atoms with E-state index >= 15 is 0 Å². The van der Waals surface area contributed by atoms with Crippen LogP contribution in [0.3, 0.4) is 0 Å². The first kappa shape index (κ1) is 13.9. The van der Waals surface area contributed by atoms with Crippen molar-refractivity contribution in [1.82, 2.24) is 0 Å². The van der Waals surface area contributed by atoms with Gasteiger partial charge in [0, 0.05) is 13.2 Å². The number of halogens is 2. The van der Waals surface area contributed by atoms with Gasteiger partial charge in [-0.25, -0.2) is 4.39 Å². The lowest BCUT2D eigenvalue weighted by atomic mass is 10.2. The zero-order valence-corrected chi connectivity index (χ0v) is 10.2. The quantitative estimate of drug-likeness (QED) is 0.467. The number of nitrogens with two attached hydrogens (primary N) is 2. The summed E-state index contributed by atoms with van der Waals surface area (Å²) >= 11 is 5.69. The van der Waals surface area contributed by atoms with E-state index in [1.165, 1.54) is 6.07 Å². The minimum Gasteiger partial charge on any atom is -0.397 e. The van der Waals surface area contributed by atoms with E-state index in [1.807, 2.05) is 0 Å². The minimum atomic E-state index is -0.619. The Hall–Kier alpha value is -1.20. The molecule has 0 unspecified atom stereocenters. The maximum Gasteiger partial charge on any atom is 0.169 e. The van der Waals surface area contributed by atoms with Gasteiger partial charge in [-0.05, 0) is 25.3 Å². The van der Waals surface area contributed by atoms with E-state index in [9.17, 15) is 4.39 Å². The van der Waals surface area contributed by atoms with Crippen LogP contribution >= 0.6 is 11.6 Å². The van der Waals surface area contributed by atoms with E-state index in [2.05, 4.69) is 5.32 Å². The highest BCUT2D eigenvalue weighted by atomic mass is 35.5. The van der Waals surface area contributed by atoms with Gasteiger partial charge >= 0.3 is 0 Å². The molecule has 0 fully saturated rings. The van der Waals surface area contributed by atoms with Crippen LogP contribution in [0.5, 0.6) is 0 Å². The number of nitrogens with one attached hydrogen (secondary N) is 1. The molecule has 0 spiro atoms. The molecule has 1 aromatic carbocycles. The van der Waals surface area contributed by atoms with Crippen molar-refractivity contribution in [2.75, 3.05) is 29.9 Å². The Bertz CT molecular complexity index is 387. The van der Waals surface area contributed by atoms with Crippen LogP contribution in [0, 0.1) is 5.82 Å². The standard InChI is InChI=1S/C11H17ClFN3O/c12-9-7(14)6-8(15)11(10(9)13)16-4-2-1-3-5-17/h6,16-17H,1-5,14-15H2. The Kier molecular flexibility index (Phi) is 5.31. The van der Waals surface area contributed by atoms with Gasteiger partial charge in [-0.3, -0.25) is 0 Å². The topological polar surface area (TPSA) is 84.3 Å². The molecule has 0 heterocycles. The molecule has 6 heteroatoms. The van der Waals surface area contributed by atoms with Gasteiger partial charge in [0.05, 0.1) is 17.1 Å². The smallest absolute Gasteiger partial charge is 0.169 e. The number of hydrogen-bond acceptors (Lipinski definition) is 4. The van der Waals surface area contributed by atoms with Crippen LogP contribution < -0.4 is 16.8 Å². The highest BCUT2D eigenvalue weighted by Crippen LogP contribution is 2.33. The second kappa shape index (κ2) is 6.51. The normalized spacial score (nSPS) is 10.5. The van der Waals surface area contributed by atoms with Crippen molar-refractivity contribution in [3.05, 3.63) is 16.9 Å². The molecular formula is C11H17ClFN3O. The number of anilines is 3. The molecule has 96 valence electrons. The lowest BCUT2D eigenvalue weighted by Crippen LogP contribution is -2.08. The molecule has 0 saturated carbocycles. The molecule has 0 atom stereocenters. The number of hydrogen-bond donors (Lipinski definition) is 4. The van der Waals surface area contributed by atoms with Gasteiger partial charge in [0.1, 0.15) is 5.02 Å². The van der Waals surface area contributed by atoms with Crippen LogP contribution in [-0.4, -0.2) is 18.3 Å². The van der Waals surface area contributed by atoms with Crippen LogP contribution in [0.2, 0.25) is 5.02 Å². The minimum absolute atomic E-state index is 0.114. The van der Waals surface area contributed by atoms with Gasteiger partial charge < -0.3 is 21.9 Å². The molecular weight excluding hydrogens is 245 g/mol. The fraction of sp³-hybridized carbons (Fsp3) is 0.455. The molecule has 0 aromatic heterocycles. The van der Waals surface area contributed by atoms with Crippen LogP contribution in [0.4, 0.5) is 21.5 Å². The predicted molar refractivity (Wildman–Crippen MR) is 69.7 cm³/mol. The summed E-state index contributed by atoms with van der Waals surface area (Å²) in [5.74, 6) is -0.619.